The fraction of sp³-hybridized carbons (Fsp3) is 0.130. The van der Waals surface area contributed by atoms with Crippen molar-refractivity contribution in [3.8, 4) is 0 Å². The number of fused-ring (bicyclic) bond motifs is 1. The van der Waals surface area contributed by atoms with Crippen LogP contribution in [-0.2, 0) is 15.2 Å². The Bertz CT molecular complexity index is 1050. The summed E-state index contributed by atoms with van der Waals surface area (Å²) in [7, 11) is 1.39. The van der Waals surface area contributed by atoms with E-state index in [1.165, 1.54) is 7.11 Å². The molecule has 3 aromatic rings. The van der Waals surface area contributed by atoms with Gasteiger partial charge in [-0.3, -0.25) is 19.3 Å². The van der Waals surface area contributed by atoms with E-state index < -0.39 is 5.54 Å². The first-order chi connectivity index (χ1) is 14.0. The first-order valence-electron chi connectivity index (χ1n) is 9.25. The predicted molar refractivity (Wildman–Crippen MR) is 112 cm³/mol. The average molecular weight is 387 g/mol. The number of benzene rings is 3. The van der Waals surface area contributed by atoms with Gasteiger partial charge in [-0.2, -0.15) is 0 Å². The van der Waals surface area contributed by atoms with Gasteiger partial charge in [-0.25, -0.2) is 5.48 Å². The molecule has 2 N–H and O–H groups in total. The Morgan fingerprint density at radius 1 is 0.931 bits per heavy atom. The van der Waals surface area contributed by atoms with Crippen molar-refractivity contribution in [2.45, 2.75) is 12.5 Å². The smallest absolute Gasteiger partial charge is 0.274 e. The van der Waals surface area contributed by atoms with Crippen molar-refractivity contribution in [1.82, 2.24) is 5.48 Å². The minimum atomic E-state index is -0.942. The van der Waals surface area contributed by atoms with Crippen LogP contribution < -0.4 is 15.7 Å². The summed E-state index contributed by atoms with van der Waals surface area (Å²) >= 11 is 0. The highest BCUT2D eigenvalue weighted by Crippen LogP contribution is 2.45. The molecule has 6 heteroatoms. The van der Waals surface area contributed by atoms with Crippen LogP contribution in [0.25, 0.3) is 0 Å². The summed E-state index contributed by atoms with van der Waals surface area (Å²) < 4.78 is 0. The Hall–Kier alpha value is -3.64. The molecule has 1 unspecified atom stereocenters. The maximum absolute atomic E-state index is 13.5. The first kappa shape index (κ1) is 18.7. The fourth-order valence-electron chi connectivity index (χ4n) is 3.64. The molecule has 2 amide bonds. The van der Waals surface area contributed by atoms with Gasteiger partial charge in [-0.15, -0.1) is 0 Å². The summed E-state index contributed by atoms with van der Waals surface area (Å²) in [5.74, 6) is -0.395. The van der Waals surface area contributed by atoms with E-state index in [1.54, 1.807) is 29.2 Å². The highest BCUT2D eigenvalue weighted by atomic mass is 16.6. The van der Waals surface area contributed by atoms with E-state index in [0.29, 0.717) is 5.56 Å². The molecule has 1 atom stereocenters. The molecule has 0 saturated heterocycles. The second-order valence-electron chi connectivity index (χ2n) is 6.96. The van der Waals surface area contributed by atoms with Crippen LogP contribution in [0.3, 0.4) is 0 Å². The molecule has 6 nitrogen and oxygen atoms in total. The molecular weight excluding hydrogens is 366 g/mol. The number of rotatable bonds is 5. The summed E-state index contributed by atoms with van der Waals surface area (Å²) in [6.07, 6.45) is 0. The quantitative estimate of drug-likeness (QED) is 0.650. The third-order valence-electron chi connectivity index (χ3n) is 5.07. The number of nitrogens with one attached hydrogen (secondary N) is 2. The molecule has 0 radical (unpaired) electrons. The largest absolute Gasteiger partial charge is 0.368 e. The SMILES string of the molecule is CONC(=O)c1ccc(NC2(C)C(=O)N(c3ccccc3)c3ccccc32)cc1. The molecule has 0 fully saturated rings. The lowest BCUT2D eigenvalue weighted by atomic mass is 9.93. The van der Waals surface area contributed by atoms with Gasteiger partial charge in [0, 0.05) is 22.5 Å². The maximum Gasteiger partial charge on any atom is 0.274 e. The van der Waals surface area contributed by atoms with Crippen molar-refractivity contribution < 1.29 is 14.4 Å². The predicted octanol–water partition coefficient (Wildman–Crippen LogP) is 3.98. The summed E-state index contributed by atoms with van der Waals surface area (Å²) in [4.78, 5) is 31.8. The highest BCUT2D eigenvalue weighted by molar-refractivity contribution is 6.13. The number of anilines is 3. The summed E-state index contributed by atoms with van der Waals surface area (Å²) in [5.41, 5.74) is 5.12. The Morgan fingerprint density at radius 3 is 2.28 bits per heavy atom. The molecular formula is C23H21N3O3. The van der Waals surface area contributed by atoms with Gasteiger partial charge in [0.2, 0.25) is 0 Å². The molecule has 0 spiro atoms. The van der Waals surface area contributed by atoms with E-state index >= 15 is 0 Å². The van der Waals surface area contributed by atoms with Crippen LogP contribution in [0.4, 0.5) is 17.1 Å². The van der Waals surface area contributed by atoms with Crippen LogP contribution in [0.1, 0.15) is 22.8 Å². The lowest BCUT2D eigenvalue weighted by molar-refractivity contribution is -0.121. The third-order valence-corrected chi connectivity index (χ3v) is 5.07. The summed E-state index contributed by atoms with van der Waals surface area (Å²) in [6.45, 7) is 1.88. The van der Waals surface area contributed by atoms with Gasteiger partial charge in [0.15, 0.2) is 0 Å². The van der Waals surface area contributed by atoms with Crippen molar-refractivity contribution in [3.63, 3.8) is 0 Å². The van der Waals surface area contributed by atoms with Gasteiger partial charge in [0.1, 0.15) is 5.54 Å². The highest BCUT2D eigenvalue weighted by Gasteiger charge is 2.48. The van der Waals surface area contributed by atoms with Crippen LogP contribution in [0.15, 0.2) is 78.9 Å². The first-order valence-corrected chi connectivity index (χ1v) is 9.25. The molecule has 1 heterocycles. The third kappa shape index (κ3) is 3.23. The normalized spacial score (nSPS) is 17.7. The molecule has 0 aromatic heterocycles. The molecule has 4 rings (SSSR count). The molecule has 1 aliphatic heterocycles. The zero-order valence-electron chi connectivity index (χ0n) is 16.2. The van der Waals surface area contributed by atoms with Crippen molar-refractivity contribution in [2.24, 2.45) is 0 Å². The number of carbonyl (C=O) groups excluding carboxylic acids is 2. The minimum absolute atomic E-state index is 0.0638. The number of nitrogens with zero attached hydrogens (tertiary/aromatic N) is 1. The molecule has 29 heavy (non-hydrogen) atoms. The van der Waals surface area contributed by atoms with Crippen LogP contribution in [0.5, 0.6) is 0 Å². The molecule has 0 saturated carbocycles. The van der Waals surface area contributed by atoms with Crippen LogP contribution in [0.2, 0.25) is 0 Å². The second-order valence-corrected chi connectivity index (χ2v) is 6.96. The average Bonchev–Trinajstić information content (AvgIpc) is 2.96. The van der Waals surface area contributed by atoms with Crippen molar-refractivity contribution >= 4 is 28.9 Å². The number of amides is 2. The van der Waals surface area contributed by atoms with Gasteiger partial charge in [0.05, 0.1) is 12.8 Å². The number of para-hydroxylation sites is 2. The van der Waals surface area contributed by atoms with E-state index in [9.17, 15) is 9.59 Å². The monoisotopic (exact) mass is 387 g/mol. The van der Waals surface area contributed by atoms with Crippen LogP contribution in [-0.4, -0.2) is 18.9 Å². The number of hydrogen-bond donors (Lipinski definition) is 2. The zero-order chi connectivity index (χ0) is 20.4. The summed E-state index contributed by atoms with van der Waals surface area (Å²) in [6, 6.07) is 24.3. The second kappa shape index (κ2) is 7.41. The van der Waals surface area contributed by atoms with Crippen LogP contribution in [0, 0.1) is 0 Å². The Morgan fingerprint density at radius 2 is 1.59 bits per heavy atom. The van der Waals surface area contributed by atoms with E-state index in [2.05, 4.69) is 15.6 Å². The number of hydrogen-bond acceptors (Lipinski definition) is 4. The maximum atomic E-state index is 13.5. The van der Waals surface area contributed by atoms with Crippen molar-refractivity contribution in [2.75, 3.05) is 17.3 Å². The molecule has 0 bridgehead atoms. The van der Waals surface area contributed by atoms with Gasteiger partial charge in [-0.1, -0.05) is 36.4 Å². The molecule has 1 aliphatic rings. The zero-order valence-corrected chi connectivity index (χ0v) is 16.2. The molecule has 3 aromatic carbocycles. The molecule has 146 valence electrons. The Labute approximate surface area is 169 Å². The Kier molecular flexibility index (Phi) is 4.78. The Balaban J connectivity index is 1.68. The van der Waals surface area contributed by atoms with E-state index in [1.807, 2.05) is 61.5 Å². The fourth-order valence-corrected chi connectivity index (χ4v) is 3.64. The van der Waals surface area contributed by atoms with Gasteiger partial charge >= 0.3 is 0 Å². The van der Waals surface area contributed by atoms with Gasteiger partial charge in [0.25, 0.3) is 11.8 Å². The lowest BCUT2D eigenvalue weighted by Crippen LogP contribution is -2.42. The van der Waals surface area contributed by atoms with Gasteiger partial charge < -0.3 is 5.32 Å². The van der Waals surface area contributed by atoms with E-state index in [4.69, 9.17) is 0 Å². The number of hydroxylamine groups is 1. The van der Waals surface area contributed by atoms with Crippen molar-refractivity contribution in [1.29, 1.82) is 0 Å². The minimum Gasteiger partial charge on any atom is -0.368 e. The lowest BCUT2D eigenvalue weighted by Gasteiger charge is -2.27. The standard InChI is InChI=1S/C23H21N3O3/c1-23(24-17-14-12-16(13-15-17)21(27)25-29-2)19-10-6-7-11-20(19)26(22(23)28)18-8-4-3-5-9-18/h3-15,24H,1-2H3,(H,25,27). The molecule has 0 aliphatic carbocycles. The number of carbonyl (C=O) groups is 2. The van der Waals surface area contributed by atoms with E-state index in [-0.39, 0.29) is 11.8 Å². The topological polar surface area (TPSA) is 70.7 Å². The van der Waals surface area contributed by atoms with E-state index in [0.717, 1.165) is 22.6 Å². The van der Waals surface area contributed by atoms with Crippen molar-refractivity contribution in [3.05, 3.63) is 90.0 Å². The summed E-state index contributed by atoms with van der Waals surface area (Å²) in [5, 5.41) is 3.37. The van der Waals surface area contributed by atoms with Gasteiger partial charge in [-0.05, 0) is 49.4 Å². The van der Waals surface area contributed by atoms with Crippen LogP contribution >= 0.6 is 0 Å².